The van der Waals surface area contributed by atoms with Crippen LogP contribution in [-0.2, 0) is 0 Å². The lowest BCUT2D eigenvalue weighted by Crippen LogP contribution is -2.19. The van der Waals surface area contributed by atoms with Gasteiger partial charge in [0.25, 0.3) is 11.8 Å². The van der Waals surface area contributed by atoms with Crippen molar-refractivity contribution in [1.82, 2.24) is 5.32 Å². The number of amides is 2. The highest BCUT2D eigenvalue weighted by Gasteiger charge is 2.29. The minimum Gasteiger partial charge on any atom is -0.385 e. The normalized spacial score (nSPS) is 13.5. The second-order valence-corrected chi connectivity index (χ2v) is 4.60. The van der Waals surface area contributed by atoms with Gasteiger partial charge in [0.05, 0.1) is 11.1 Å². The van der Waals surface area contributed by atoms with Crippen molar-refractivity contribution in [3.8, 4) is 0 Å². The van der Waals surface area contributed by atoms with E-state index in [4.69, 9.17) is 0 Å². The van der Waals surface area contributed by atoms with Gasteiger partial charge < -0.3 is 5.32 Å². The Hall–Kier alpha value is -2.36. The number of hydrogen-bond acceptors (Lipinski definition) is 3. The van der Waals surface area contributed by atoms with Crippen LogP contribution in [0.15, 0.2) is 30.3 Å². The molecule has 1 heterocycles. The molecule has 0 aliphatic carbocycles. The quantitative estimate of drug-likeness (QED) is 0.827. The van der Waals surface area contributed by atoms with E-state index >= 15 is 0 Å². The molecule has 3 rings (SSSR count). The van der Waals surface area contributed by atoms with Gasteiger partial charge in [0.1, 0.15) is 0 Å². The number of nitrogens with one attached hydrogen (secondary N) is 2. The third-order valence-electron chi connectivity index (χ3n) is 3.31. The summed E-state index contributed by atoms with van der Waals surface area (Å²) >= 11 is 0. The predicted molar refractivity (Wildman–Crippen MR) is 74.5 cm³/mol. The van der Waals surface area contributed by atoms with E-state index < -0.39 is 0 Å². The van der Waals surface area contributed by atoms with Crippen LogP contribution in [0.2, 0.25) is 0 Å². The van der Waals surface area contributed by atoms with Gasteiger partial charge in [-0.2, -0.15) is 0 Å². The Morgan fingerprint density at radius 1 is 1.11 bits per heavy atom. The van der Waals surface area contributed by atoms with Crippen molar-refractivity contribution < 1.29 is 9.59 Å². The van der Waals surface area contributed by atoms with Crippen molar-refractivity contribution in [3.63, 3.8) is 0 Å². The minimum atomic E-state index is -0.315. The molecule has 0 atom stereocenters. The first kappa shape index (κ1) is 11.7. The average molecular weight is 254 g/mol. The highest BCUT2D eigenvalue weighted by molar-refractivity contribution is 6.28. The zero-order chi connectivity index (χ0) is 13.4. The SMILES string of the molecule is CCCNc1cc2c(c3ccccc13)C(=O)NC2=O. The molecule has 0 radical (unpaired) electrons. The fourth-order valence-corrected chi connectivity index (χ4v) is 2.44. The molecule has 2 aromatic carbocycles. The molecule has 0 aromatic heterocycles. The van der Waals surface area contributed by atoms with E-state index in [1.807, 2.05) is 24.3 Å². The summed E-state index contributed by atoms with van der Waals surface area (Å²) in [7, 11) is 0. The molecule has 96 valence electrons. The summed E-state index contributed by atoms with van der Waals surface area (Å²) in [5.74, 6) is -0.622. The van der Waals surface area contributed by atoms with Gasteiger partial charge in [-0.25, -0.2) is 0 Å². The first-order chi connectivity index (χ1) is 9.22. The monoisotopic (exact) mass is 254 g/mol. The molecule has 4 nitrogen and oxygen atoms in total. The van der Waals surface area contributed by atoms with Crippen LogP contribution in [0.5, 0.6) is 0 Å². The first-order valence-corrected chi connectivity index (χ1v) is 6.37. The highest BCUT2D eigenvalue weighted by Crippen LogP contribution is 2.32. The van der Waals surface area contributed by atoms with Gasteiger partial charge in [-0.15, -0.1) is 0 Å². The van der Waals surface area contributed by atoms with Crippen molar-refractivity contribution >= 4 is 28.3 Å². The Morgan fingerprint density at radius 3 is 2.58 bits per heavy atom. The van der Waals surface area contributed by atoms with Crippen molar-refractivity contribution in [2.45, 2.75) is 13.3 Å². The minimum absolute atomic E-state index is 0.307. The molecule has 2 N–H and O–H groups in total. The van der Waals surface area contributed by atoms with Gasteiger partial charge in [0.2, 0.25) is 0 Å². The maximum atomic E-state index is 11.9. The number of carbonyl (C=O) groups excluding carboxylic acids is 2. The number of imide groups is 1. The third-order valence-corrected chi connectivity index (χ3v) is 3.31. The van der Waals surface area contributed by atoms with Crippen LogP contribution in [0.1, 0.15) is 34.1 Å². The lowest BCUT2D eigenvalue weighted by atomic mass is 9.98. The van der Waals surface area contributed by atoms with Crippen molar-refractivity contribution in [3.05, 3.63) is 41.5 Å². The topological polar surface area (TPSA) is 58.2 Å². The van der Waals surface area contributed by atoms with Crippen molar-refractivity contribution in [1.29, 1.82) is 0 Å². The molecule has 2 aromatic rings. The number of hydrogen-bond donors (Lipinski definition) is 2. The van der Waals surface area contributed by atoms with Crippen LogP contribution < -0.4 is 10.6 Å². The summed E-state index contributed by atoms with van der Waals surface area (Å²) in [5, 5.41) is 7.46. The van der Waals surface area contributed by atoms with Gasteiger partial charge >= 0.3 is 0 Å². The van der Waals surface area contributed by atoms with E-state index in [2.05, 4.69) is 17.6 Å². The average Bonchev–Trinajstić information content (AvgIpc) is 2.71. The molecular weight excluding hydrogens is 240 g/mol. The van der Waals surface area contributed by atoms with Gasteiger partial charge in [-0.1, -0.05) is 31.2 Å². The van der Waals surface area contributed by atoms with Gasteiger partial charge in [0, 0.05) is 17.6 Å². The zero-order valence-corrected chi connectivity index (χ0v) is 10.6. The first-order valence-electron chi connectivity index (χ1n) is 6.37. The Labute approximate surface area is 110 Å². The molecule has 0 saturated heterocycles. The maximum Gasteiger partial charge on any atom is 0.259 e. The maximum absolute atomic E-state index is 11.9. The fourth-order valence-electron chi connectivity index (χ4n) is 2.44. The molecule has 19 heavy (non-hydrogen) atoms. The van der Waals surface area contributed by atoms with Crippen LogP contribution in [0.25, 0.3) is 10.8 Å². The lowest BCUT2D eigenvalue weighted by Gasteiger charge is -2.11. The molecule has 0 spiro atoms. The Morgan fingerprint density at radius 2 is 1.84 bits per heavy atom. The van der Waals surface area contributed by atoms with Crippen LogP contribution in [0, 0.1) is 0 Å². The number of fused-ring (bicyclic) bond motifs is 3. The van der Waals surface area contributed by atoms with Crippen molar-refractivity contribution in [2.75, 3.05) is 11.9 Å². The molecule has 1 aliphatic rings. The smallest absolute Gasteiger partial charge is 0.259 e. The standard InChI is InChI=1S/C15H14N2O2/c1-2-7-16-12-8-11-13(15(19)17-14(11)18)10-6-4-3-5-9(10)12/h3-6,8,16H,2,7H2,1H3,(H,17,18,19). The molecule has 2 amide bonds. The molecule has 1 aliphatic heterocycles. The third kappa shape index (κ3) is 1.76. The second-order valence-electron chi connectivity index (χ2n) is 4.60. The Balaban J connectivity index is 2.29. The van der Waals surface area contributed by atoms with Crippen LogP contribution in [0.4, 0.5) is 5.69 Å². The Bertz CT molecular complexity index is 692. The molecule has 4 heteroatoms. The van der Waals surface area contributed by atoms with Crippen LogP contribution in [-0.4, -0.2) is 18.4 Å². The van der Waals surface area contributed by atoms with Gasteiger partial charge in [-0.05, 0) is 17.9 Å². The molecule has 0 bridgehead atoms. The fraction of sp³-hybridized carbons (Fsp3) is 0.200. The summed E-state index contributed by atoms with van der Waals surface area (Å²) < 4.78 is 0. The molecule has 0 saturated carbocycles. The van der Waals surface area contributed by atoms with E-state index in [9.17, 15) is 9.59 Å². The summed E-state index contributed by atoms with van der Waals surface area (Å²) in [6, 6.07) is 9.42. The van der Waals surface area contributed by atoms with E-state index in [0.717, 1.165) is 29.4 Å². The number of benzene rings is 2. The van der Waals surface area contributed by atoms with E-state index in [0.29, 0.717) is 11.1 Å². The largest absolute Gasteiger partial charge is 0.385 e. The Kier molecular flexibility index (Phi) is 2.71. The van der Waals surface area contributed by atoms with E-state index in [1.165, 1.54) is 0 Å². The highest BCUT2D eigenvalue weighted by atomic mass is 16.2. The molecule has 0 unspecified atom stereocenters. The van der Waals surface area contributed by atoms with Crippen LogP contribution in [0.3, 0.4) is 0 Å². The lowest BCUT2D eigenvalue weighted by molar-refractivity contribution is 0.0880. The molecule has 0 fully saturated rings. The summed E-state index contributed by atoms with van der Waals surface area (Å²) in [4.78, 5) is 23.6. The van der Waals surface area contributed by atoms with E-state index in [1.54, 1.807) is 6.07 Å². The summed E-state index contributed by atoms with van der Waals surface area (Å²) in [6.07, 6.45) is 0.997. The summed E-state index contributed by atoms with van der Waals surface area (Å²) in [6.45, 7) is 2.91. The van der Waals surface area contributed by atoms with Gasteiger partial charge in [0.15, 0.2) is 0 Å². The van der Waals surface area contributed by atoms with E-state index in [-0.39, 0.29) is 11.8 Å². The van der Waals surface area contributed by atoms with Gasteiger partial charge in [-0.3, -0.25) is 14.9 Å². The second kappa shape index (κ2) is 4.39. The number of rotatable bonds is 3. The zero-order valence-electron chi connectivity index (χ0n) is 10.6. The number of anilines is 1. The van der Waals surface area contributed by atoms with Crippen molar-refractivity contribution in [2.24, 2.45) is 0 Å². The molecular formula is C15H14N2O2. The predicted octanol–water partition coefficient (Wildman–Crippen LogP) is 2.55. The number of carbonyl (C=O) groups is 2. The summed E-state index contributed by atoms with van der Waals surface area (Å²) in [5.41, 5.74) is 1.85. The van der Waals surface area contributed by atoms with Crippen LogP contribution >= 0.6 is 0 Å².